The first kappa shape index (κ1) is 15.3. The number of anilines is 2. The summed E-state index contributed by atoms with van der Waals surface area (Å²) < 4.78 is 39.5. The number of aryl methyl sites for hydroxylation is 1. The zero-order valence-electron chi connectivity index (χ0n) is 12.3. The Morgan fingerprint density at radius 2 is 1.91 bits per heavy atom. The average Bonchev–Trinajstić information content (AvgIpc) is 2.92. The smallest absolute Gasteiger partial charge is 0.359 e. The minimum Gasteiger partial charge on any atom is -0.359 e. The molecule has 6 nitrogen and oxygen atoms in total. The summed E-state index contributed by atoms with van der Waals surface area (Å²) in [7, 11) is 1.59. The van der Waals surface area contributed by atoms with E-state index in [-0.39, 0.29) is 24.7 Å². The molecule has 2 aromatic rings. The topological polar surface area (TPSA) is 54.3 Å². The number of para-hydroxylation sites is 2. The van der Waals surface area contributed by atoms with E-state index in [2.05, 4.69) is 10.3 Å². The zero-order chi connectivity index (χ0) is 16.6. The van der Waals surface area contributed by atoms with Crippen LogP contribution in [0.5, 0.6) is 0 Å². The van der Waals surface area contributed by atoms with E-state index < -0.39 is 12.7 Å². The maximum atomic E-state index is 12.7. The van der Waals surface area contributed by atoms with Gasteiger partial charge in [-0.05, 0) is 12.1 Å². The summed E-state index contributed by atoms with van der Waals surface area (Å²) in [5, 5.41) is 7.38. The van der Waals surface area contributed by atoms with Gasteiger partial charge >= 0.3 is 6.18 Å². The van der Waals surface area contributed by atoms with E-state index in [1.165, 1.54) is 20.7 Å². The van der Waals surface area contributed by atoms with E-state index in [9.17, 15) is 18.0 Å². The van der Waals surface area contributed by atoms with Crippen molar-refractivity contribution in [1.82, 2.24) is 15.0 Å². The Kier molecular flexibility index (Phi) is 3.70. The molecule has 0 N–H and O–H groups in total. The number of nitrogens with zero attached hydrogens (tertiary/aromatic N) is 5. The Morgan fingerprint density at radius 1 is 1.22 bits per heavy atom. The molecular weight excluding hydrogens is 311 g/mol. The third-order valence-electron chi connectivity index (χ3n) is 3.66. The molecular formula is C14H14F3N5O. The minimum absolute atomic E-state index is 0.105. The Bertz CT molecular complexity index is 727. The van der Waals surface area contributed by atoms with Crippen molar-refractivity contribution in [3.8, 4) is 0 Å². The standard InChI is InChI=1S/C14H14F3N5O/c1-20-12(8-18-19-20)13(23)22-7-6-21(9-14(15,16)17)10-4-2-3-5-11(10)22/h2-5,8H,6-7,9H2,1H3. The lowest BCUT2D eigenvalue weighted by atomic mass is 10.1. The van der Waals surface area contributed by atoms with Crippen LogP contribution in [-0.4, -0.2) is 46.7 Å². The summed E-state index contributed by atoms with van der Waals surface area (Å²) in [5.41, 5.74) is 1.12. The van der Waals surface area contributed by atoms with Crippen LogP contribution in [0.4, 0.5) is 24.5 Å². The quantitative estimate of drug-likeness (QED) is 0.845. The first-order valence-electron chi connectivity index (χ1n) is 6.94. The summed E-state index contributed by atoms with van der Waals surface area (Å²) in [6.45, 7) is -0.774. The second kappa shape index (κ2) is 5.56. The van der Waals surface area contributed by atoms with Crippen molar-refractivity contribution in [2.45, 2.75) is 6.18 Å². The summed E-state index contributed by atoms with van der Waals surface area (Å²) in [6.07, 6.45) is -2.96. The fourth-order valence-electron chi connectivity index (χ4n) is 2.63. The third kappa shape index (κ3) is 2.99. The number of alkyl halides is 3. The number of benzene rings is 1. The molecule has 0 fully saturated rings. The maximum absolute atomic E-state index is 12.7. The molecule has 0 radical (unpaired) electrons. The molecule has 0 unspecified atom stereocenters. The van der Waals surface area contributed by atoms with Crippen LogP contribution < -0.4 is 9.80 Å². The second-order valence-corrected chi connectivity index (χ2v) is 5.23. The van der Waals surface area contributed by atoms with Gasteiger partial charge in [-0.15, -0.1) is 5.10 Å². The SMILES string of the molecule is Cn1nncc1C(=O)N1CCN(CC(F)(F)F)c2ccccc21. The molecule has 0 aliphatic carbocycles. The molecule has 0 atom stereocenters. The normalized spacial score (nSPS) is 14.8. The van der Waals surface area contributed by atoms with Crippen molar-refractivity contribution in [3.63, 3.8) is 0 Å². The summed E-state index contributed by atoms with van der Waals surface area (Å²) in [4.78, 5) is 15.3. The van der Waals surface area contributed by atoms with E-state index in [0.29, 0.717) is 11.4 Å². The van der Waals surface area contributed by atoms with Gasteiger partial charge in [-0.3, -0.25) is 4.79 Å². The molecule has 2 heterocycles. The lowest BCUT2D eigenvalue weighted by molar-refractivity contribution is -0.119. The van der Waals surface area contributed by atoms with Crippen LogP contribution in [0, 0.1) is 0 Å². The Hall–Kier alpha value is -2.58. The number of carbonyl (C=O) groups excluding carboxylic acids is 1. The molecule has 9 heteroatoms. The molecule has 1 aromatic heterocycles. The van der Waals surface area contributed by atoms with Crippen molar-refractivity contribution < 1.29 is 18.0 Å². The second-order valence-electron chi connectivity index (χ2n) is 5.23. The van der Waals surface area contributed by atoms with Crippen molar-refractivity contribution in [2.75, 3.05) is 29.4 Å². The van der Waals surface area contributed by atoms with Gasteiger partial charge in [0, 0.05) is 20.1 Å². The molecule has 1 amide bonds. The lowest BCUT2D eigenvalue weighted by Crippen LogP contribution is -2.47. The summed E-state index contributed by atoms with van der Waals surface area (Å²) >= 11 is 0. The fourth-order valence-corrected chi connectivity index (χ4v) is 2.63. The van der Waals surface area contributed by atoms with Gasteiger partial charge in [0.05, 0.1) is 17.6 Å². The molecule has 23 heavy (non-hydrogen) atoms. The maximum Gasteiger partial charge on any atom is 0.405 e. The molecule has 1 aliphatic heterocycles. The number of aromatic nitrogens is 3. The van der Waals surface area contributed by atoms with E-state index >= 15 is 0 Å². The van der Waals surface area contributed by atoms with Crippen LogP contribution in [0.3, 0.4) is 0 Å². The van der Waals surface area contributed by atoms with Crippen molar-refractivity contribution in [2.24, 2.45) is 7.05 Å². The van der Waals surface area contributed by atoms with Crippen LogP contribution in [0.15, 0.2) is 30.5 Å². The first-order chi connectivity index (χ1) is 10.9. The van der Waals surface area contributed by atoms with Gasteiger partial charge < -0.3 is 9.80 Å². The Labute approximate surface area is 130 Å². The number of amides is 1. The fraction of sp³-hybridized carbons (Fsp3) is 0.357. The Morgan fingerprint density at radius 3 is 2.52 bits per heavy atom. The summed E-state index contributed by atoms with van der Waals surface area (Å²) in [6, 6.07) is 6.57. The van der Waals surface area contributed by atoms with Gasteiger partial charge in [0.15, 0.2) is 0 Å². The first-order valence-corrected chi connectivity index (χ1v) is 6.94. The number of hydrogen-bond acceptors (Lipinski definition) is 4. The van der Waals surface area contributed by atoms with E-state index in [1.54, 1.807) is 31.3 Å². The molecule has 0 saturated heterocycles. The Balaban J connectivity index is 1.94. The molecule has 122 valence electrons. The minimum atomic E-state index is -4.30. The van der Waals surface area contributed by atoms with Gasteiger partial charge in [0.25, 0.3) is 5.91 Å². The van der Waals surface area contributed by atoms with Gasteiger partial charge in [-0.2, -0.15) is 13.2 Å². The predicted molar refractivity (Wildman–Crippen MR) is 77.4 cm³/mol. The molecule has 1 aromatic carbocycles. The summed E-state index contributed by atoms with van der Waals surface area (Å²) in [5.74, 6) is -0.336. The molecule has 0 spiro atoms. The number of rotatable bonds is 2. The molecule has 1 aliphatic rings. The van der Waals surface area contributed by atoms with Gasteiger partial charge in [-0.25, -0.2) is 4.68 Å². The third-order valence-corrected chi connectivity index (χ3v) is 3.66. The van der Waals surface area contributed by atoms with Crippen molar-refractivity contribution in [3.05, 3.63) is 36.2 Å². The molecule has 0 saturated carbocycles. The zero-order valence-corrected chi connectivity index (χ0v) is 12.3. The van der Waals surface area contributed by atoms with E-state index in [1.807, 2.05) is 0 Å². The highest BCUT2D eigenvalue weighted by Crippen LogP contribution is 2.35. The lowest BCUT2D eigenvalue weighted by Gasteiger charge is -2.37. The van der Waals surface area contributed by atoms with E-state index in [0.717, 1.165) is 0 Å². The van der Waals surface area contributed by atoms with Crippen LogP contribution in [-0.2, 0) is 7.05 Å². The van der Waals surface area contributed by atoms with Crippen LogP contribution >= 0.6 is 0 Å². The number of hydrogen-bond donors (Lipinski definition) is 0. The molecule has 0 bridgehead atoms. The van der Waals surface area contributed by atoms with Gasteiger partial charge in [-0.1, -0.05) is 17.3 Å². The van der Waals surface area contributed by atoms with Crippen molar-refractivity contribution >= 4 is 17.3 Å². The average molecular weight is 325 g/mol. The van der Waals surface area contributed by atoms with Crippen LogP contribution in [0.25, 0.3) is 0 Å². The molecule has 3 rings (SSSR count). The number of fused-ring (bicyclic) bond motifs is 1. The monoisotopic (exact) mass is 325 g/mol. The van der Waals surface area contributed by atoms with Crippen molar-refractivity contribution in [1.29, 1.82) is 0 Å². The highest BCUT2D eigenvalue weighted by atomic mass is 19.4. The largest absolute Gasteiger partial charge is 0.405 e. The number of halogens is 3. The highest BCUT2D eigenvalue weighted by molar-refractivity contribution is 6.07. The number of carbonyl (C=O) groups is 1. The van der Waals surface area contributed by atoms with Gasteiger partial charge in [0.2, 0.25) is 0 Å². The van der Waals surface area contributed by atoms with Crippen LogP contribution in [0.2, 0.25) is 0 Å². The van der Waals surface area contributed by atoms with E-state index in [4.69, 9.17) is 0 Å². The highest BCUT2D eigenvalue weighted by Gasteiger charge is 2.35. The van der Waals surface area contributed by atoms with Gasteiger partial charge in [0.1, 0.15) is 12.2 Å². The van der Waals surface area contributed by atoms with Crippen LogP contribution in [0.1, 0.15) is 10.5 Å². The predicted octanol–water partition coefficient (Wildman–Crippen LogP) is 1.84.